The Hall–Kier alpha value is -1.64. The fraction of sp³-hybridized carbons (Fsp3) is 0.500. The second-order valence-corrected chi connectivity index (χ2v) is 5.58. The van der Waals surface area contributed by atoms with E-state index >= 15 is 0 Å². The molecule has 0 spiro atoms. The predicted octanol–water partition coefficient (Wildman–Crippen LogP) is 4.07. The average molecular weight is 255 g/mol. The van der Waals surface area contributed by atoms with Crippen molar-refractivity contribution in [3.8, 4) is 0 Å². The van der Waals surface area contributed by atoms with Gasteiger partial charge >= 0.3 is 0 Å². The molecule has 1 aliphatic carbocycles. The van der Waals surface area contributed by atoms with Gasteiger partial charge in [0.15, 0.2) is 0 Å². The van der Waals surface area contributed by atoms with E-state index < -0.39 is 0 Å². The molecule has 1 heterocycles. The van der Waals surface area contributed by atoms with Gasteiger partial charge in [0.1, 0.15) is 12.1 Å². The number of aryl methyl sites for hydroxylation is 1. The van der Waals surface area contributed by atoms with Crippen LogP contribution in [0, 0.1) is 6.92 Å². The third-order valence-corrected chi connectivity index (χ3v) is 3.99. The number of nitrogens with zero attached hydrogens (tertiary/aromatic N) is 2. The predicted molar refractivity (Wildman–Crippen MR) is 79.4 cm³/mol. The normalized spacial score (nSPS) is 17.3. The number of fused-ring (bicyclic) bond motifs is 1. The number of rotatable bonds is 2. The van der Waals surface area contributed by atoms with Gasteiger partial charge in [-0.25, -0.2) is 9.97 Å². The van der Waals surface area contributed by atoms with E-state index in [9.17, 15) is 0 Å². The van der Waals surface area contributed by atoms with Crippen molar-refractivity contribution in [2.24, 2.45) is 0 Å². The summed E-state index contributed by atoms with van der Waals surface area (Å²) in [6.07, 6.45) is 9.61. The largest absolute Gasteiger partial charge is 0.367 e. The van der Waals surface area contributed by atoms with E-state index in [1.165, 1.54) is 44.1 Å². The smallest absolute Gasteiger partial charge is 0.137 e. The molecule has 3 nitrogen and oxygen atoms in total. The molecule has 1 N–H and O–H groups in total. The summed E-state index contributed by atoms with van der Waals surface area (Å²) in [5, 5.41) is 4.79. The number of benzene rings is 1. The van der Waals surface area contributed by atoms with E-state index in [1.54, 1.807) is 6.33 Å². The van der Waals surface area contributed by atoms with Crippen LogP contribution in [0.3, 0.4) is 0 Å². The standard InChI is InChI=1S/C16H21N3/c1-12-8-9-15-14(10-12)16(18-11-17-15)19-13-6-4-2-3-5-7-13/h8-11,13H,2-7H2,1H3,(H,17,18,19). The van der Waals surface area contributed by atoms with E-state index in [-0.39, 0.29) is 0 Å². The van der Waals surface area contributed by atoms with E-state index in [4.69, 9.17) is 0 Å². The third kappa shape index (κ3) is 2.86. The molecule has 3 rings (SSSR count). The molecule has 1 saturated carbocycles. The van der Waals surface area contributed by atoms with Crippen molar-refractivity contribution in [3.05, 3.63) is 30.1 Å². The van der Waals surface area contributed by atoms with Crippen LogP contribution >= 0.6 is 0 Å². The maximum Gasteiger partial charge on any atom is 0.137 e. The van der Waals surface area contributed by atoms with Crippen molar-refractivity contribution in [3.63, 3.8) is 0 Å². The number of anilines is 1. The molecule has 1 aliphatic rings. The lowest BCUT2D eigenvalue weighted by Gasteiger charge is -2.18. The molecule has 100 valence electrons. The Labute approximate surface area is 114 Å². The minimum Gasteiger partial charge on any atom is -0.367 e. The summed E-state index contributed by atoms with van der Waals surface area (Å²) in [6.45, 7) is 2.11. The molecule has 0 radical (unpaired) electrons. The van der Waals surface area contributed by atoms with Crippen molar-refractivity contribution < 1.29 is 0 Å². The number of hydrogen-bond donors (Lipinski definition) is 1. The molecule has 1 fully saturated rings. The highest BCUT2D eigenvalue weighted by atomic mass is 15.0. The molecule has 0 unspecified atom stereocenters. The molecule has 3 heteroatoms. The number of nitrogens with one attached hydrogen (secondary N) is 1. The van der Waals surface area contributed by atoms with Crippen molar-refractivity contribution in [1.82, 2.24) is 9.97 Å². The van der Waals surface area contributed by atoms with Gasteiger partial charge in [0.25, 0.3) is 0 Å². The van der Waals surface area contributed by atoms with Gasteiger partial charge in [-0.2, -0.15) is 0 Å². The first-order chi connectivity index (χ1) is 9.33. The Morgan fingerprint density at radius 1 is 1.05 bits per heavy atom. The molecule has 0 aliphatic heterocycles. The SMILES string of the molecule is Cc1ccc2ncnc(NC3CCCCCC3)c2c1. The summed E-state index contributed by atoms with van der Waals surface area (Å²) in [6, 6.07) is 6.92. The molecule has 0 bridgehead atoms. The van der Waals surface area contributed by atoms with Crippen LogP contribution in [0.25, 0.3) is 10.9 Å². The Morgan fingerprint density at radius 3 is 2.63 bits per heavy atom. The van der Waals surface area contributed by atoms with Crippen LogP contribution < -0.4 is 5.32 Å². The lowest BCUT2D eigenvalue weighted by molar-refractivity contribution is 0.618. The zero-order valence-corrected chi connectivity index (χ0v) is 11.5. The van der Waals surface area contributed by atoms with Gasteiger partial charge in [-0.1, -0.05) is 37.3 Å². The van der Waals surface area contributed by atoms with Gasteiger partial charge in [0.2, 0.25) is 0 Å². The molecule has 0 saturated heterocycles. The van der Waals surface area contributed by atoms with Gasteiger partial charge in [0.05, 0.1) is 5.52 Å². The summed E-state index contributed by atoms with van der Waals surface area (Å²) in [4.78, 5) is 8.79. The fourth-order valence-corrected chi connectivity index (χ4v) is 2.90. The van der Waals surface area contributed by atoms with Crippen LogP contribution in [-0.4, -0.2) is 16.0 Å². The van der Waals surface area contributed by atoms with E-state index in [0.29, 0.717) is 6.04 Å². The van der Waals surface area contributed by atoms with Crippen LogP contribution in [0.1, 0.15) is 44.1 Å². The van der Waals surface area contributed by atoms with E-state index in [0.717, 1.165) is 16.7 Å². The summed E-state index contributed by atoms with van der Waals surface area (Å²) < 4.78 is 0. The van der Waals surface area contributed by atoms with Crippen LogP contribution in [0.2, 0.25) is 0 Å². The maximum atomic E-state index is 4.45. The first-order valence-corrected chi connectivity index (χ1v) is 7.31. The monoisotopic (exact) mass is 255 g/mol. The van der Waals surface area contributed by atoms with Crippen molar-refractivity contribution in [2.75, 3.05) is 5.32 Å². The molecule has 1 aromatic carbocycles. The Balaban J connectivity index is 1.89. The zero-order valence-electron chi connectivity index (χ0n) is 11.5. The molecule has 2 aromatic rings. The molecule has 19 heavy (non-hydrogen) atoms. The van der Waals surface area contributed by atoms with Gasteiger partial charge < -0.3 is 5.32 Å². The topological polar surface area (TPSA) is 37.8 Å². The lowest BCUT2D eigenvalue weighted by Crippen LogP contribution is -2.19. The average Bonchev–Trinajstić information content (AvgIpc) is 2.68. The number of aromatic nitrogens is 2. The van der Waals surface area contributed by atoms with E-state index in [1.807, 2.05) is 0 Å². The van der Waals surface area contributed by atoms with Crippen LogP contribution in [0.4, 0.5) is 5.82 Å². The summed E-state index contributed by atoms with van der Waals surface area (Å²) in [5.41, 5.74) is 2.28. The molecule has 0 amide bonds. The minimum absolute atomic E-state index is 0.570. The third-order valence-electron chi connectivity index (χ3n) is 3.99. The minimum atomic E-state index is 0.570. The van der Waals surface area contributed by atoms with Crippen molar-refractivity contribution in [1.29, 1.82) is 0 Å². The highest BCUT2D eigenvalue weighted by Crippen LogP contribution is 2.25. The first-order valence-electron chi connectivity index (χ1n) is 7.31. The molecular formula is C16H21N3. The van der Waals surface area contributed by atoms with Crippen molar-refractivity contribution >= 4 is 16.7 Å². The fourth-order valence-electron chi connectivity index (χ4n) is 2.90. The Bertz CT molecular complexity index is 557. The van der Waals surface area contributed by atoms with Gasteiger partial charge in [-0.05, 0) is 31.9 Å². The summed E-state index contributed by atoms with van der Waals surface area (Å²) in [7, 11) is 0. The second-order valence-electron chi connectivity index (χ2n) is 5.58. The first kappa shape index (κ1) is 12.4. The van der Waals surface area contributed by atoms with Gasteiger partial charge in [-0.15, -0.1) is 0 Å². The van der Waals surface area contributed by atoms with Gasteiger partial charge in [-0.3, -0.25) is 0 Å². The summed E-state index contributed by atoms with van der Waals surface area (Å²) >= 11 is 0. The van der Waals surface area contributed by atoms with Crippen LogP contribution in [0.5, 0.6) is 0 Å². The van der Waals surface area contributed by atoms with Crippen molar-refractivity contribution in [2.45, 2.75) is 51.5 Å². The molecule has 0 atom stereocenters. The van der Waals surface area contributed by atoms with Crippen LogP contribution in [-0.2, 0) is 0 Å². The maximum absolute atomic E-state index is 4.45. The molecular weight excluding hydrogens is 234 g/mol. The highest BCUT2D eigenvalue weighted by Gasteiger charge is 2.14. The van der Waals surface area contributed by atoms with E-state index in [2.05, 4.69) is 40.4 Å². The molecule has 1 aromatic heterocycles. The Kier molecular flexibility index (Phi) is 3.62. The zero-order chi connectivity index (χ0) is 13.1. The van der Waals surface area contributed by atoms with Crippen LogP contribution in [0.15, 0.2) is 24.5 Å². The van der Waals surface area contributed by atoms with Gasteiger partial charge in [0, 0.05) is 11.4 Å². The summed E-state index contributed by atoms with van der Waals surface area (Å²) in [5.74, 6) is 1.00. The number of hydrogen-bond acceptors (Lipinski definition) is 3. The quantitative estimate of drug-likeness (QED) is 0.822. The lowest BCUT2D eigenvalue weighted by atomic mass is 10.1. The highest BCUT2D eigenvalue weighted by molar-refractivity contribution is 5.89. The second kappa shape index (κ2) is 5.55. The Morgan fingerprint density at radius 2 is 1.84 bits per heavy atom.